The lowest BCUT2D eigenvalue weighted by molar-refractivity contribution is 1.08. The summed E-state index contributed by atoms with van der Waals surface area (Å²) < 4.78 is 0. The van der Waals surface area contributed by atoms with Crippen LogP contribution in [0.5, 0.6) is 0 Å². The molecule has 0 spiro atoms. The quantitative estimate of drug-likeness (QED) is 0.692. The van der Waals surface area contributed by atoms with Crippen LogP contribution >= 0.6 is 0 Å². The van der Waals surface area contributed by atoms with Crippen LogP contribution in [-0.4, -0.2) is 20.2 Å². The molecule has 0 aliphatic heterocycles. The molecule has 0 fully saturated rings. The van der Waals surface area contributed by atoms with Crippen LogP contribution < -0.4 is 0 Å². The van der Waals surface area contributed by atoms with Gasteiger partial charge in [0.15, 0.2) is 5.82 Å². The predicted octanol–water partition coefficient (Wildman–Crippen LogP) is 4.61. The van der Waals surface area contributed by atoms with Crippen molar-refractivity contribution in [3.63, 3.8) is 0 Å². The summed E-state index contributed by atoms with van der Waals surface area (Å²) in [5.74, 6) is 0.780. The highest BCUT2D eigenvalue weighted by atomic mass is 15.1. The molecule has 2 N–H and O–H groups in total. The van der Waals surface area contributed by atoms with Crippen LogP contribution in [0.3, 0.4) is 0 Å². The van der Waals surface area contributed by atoms with Gasteiger partial charge in [0, 0.05) is 11.3 Å². The average molecular weight is 292 g/mol. The van der Waals surface area contributed by atoms with E-state index in [0.29, 0.717) is 0 Å². The Bertz CT molecular complexity index is 751. The summed E-state index contributed by atoms with van der Waals surface area (Å²) in [4.78, 5) is 7.68. The molecule has 0 unspecified atom stereocenters. The van der Waals surface area contributed by atoms with E-state index in [2.05, 4.69) is 33.3 Å². The first-order chi connectivity index (χ1) is 10.7. The molecule has 4 heteroatoms. The van der Waals surface area contributed by atoms with Crippen molar-refractivity contribution in [2.45, 2.75) is 13.8 Å². The summed E-state index contributed by atoms with van der Waals surface area (Å²) in [7, 11) is 0. The number of imidazole rings is 1. The molecule has 0 radical (unpaired) electrons. The van der Waals surface area contributed by atoms with E-state index in [-0.39, 0.29) is 0 Å². The van der Waals surface area contributed by atoms with E-state index in [0.717, 1.165) is 34.2 Å². The Morgan fingerprint density at radius 1 is 1.14 bits per heavy atom. The zero-order chi connectivity index (χ0) is 15.9. The van der Waals surface area contributed by atoms with E-state index in [1.165, 1.54) is 0 Å². The predicted molar refractivity (Wildman–Crippen MR) is 92.3 cm³/mol. The molecule has 0 amide bonds. The van der Waals surface area contributed by atoms with Crippen LogP contribution in [0.2, 0.25) is 0 Å². The molecular weight excluding hydrogens is 272 g/mol. The SMILES string of the molecule is C=CC.C=Cc1nc(-c2cc(-c3ccccc3)n[nH]2)[nH]c1C. The van der Waals surface area contributed by atoms with Crippen molar-refractivity contribution in [1.29, 1.82) is 0 Å². The highest BCUT2D eigenvalue weighted by Crippen LogP contribution is 2.22. The van der Waals surface area contributed by atoms with Crippen molar-refractivity contribution in [3.8, 4) is 22.8 Å². The monoisotopic (exact) mass is 292 g/mol. The van der Waals surface area contributed by atoms with Crippen LogP contribution in [0.1, 0.15) is 18.3 Å². The van der Waals surface area contributed by atoms with Crippen LogP contribution in [0.25, 0.3) is 28.9 Å². The number of hydrogen-bond acceptors (Lipinski definition) is 2. The summed E-state index contributed by atoms with van der Waals surface area (Å²) in [5.41, 5.74) is 4.73. The summed E-state index contributed by atoms with van der Waals surface area (Å²) in [6, 6.07) is 12.0. The molecular formula is C18H20N4. The van der Waals surface area contributed by atoms with Gasteiger partial charge in [0.25, 0.3) is 0 Å². The number of H-pyrrole nitrogens is 2. The second-order valence-electron chi connectivity index (χ2n) is 4.74. The van der Waals surface area contributed by atoms with Gasteiger partial charge in [-0.2, -0.15) is 5.10 Å². The van der Waals surface area contributed by atoms with E-state index in [1.807, 2.05) is 50.2 Å². The lowest BCUT2D eigenvalue weighted by atomic mass is 10.1. The van der Waals surface area contributed by atoms with Crippen molar-refractivity contribution in [1.82, 2.24) is 20.2 Å². The van der Waals surface area contributed by atoms with Crippen LogP contribution in [0, 0.1) is 6.92 Å². The Labute approximate surface area is 130 Å². The number of aromatic nitrogens is 4. The molecule has 0 saturated carbocycles. The minimum absolute atomic E-state index is 0.780. The number of nitrogens with one attached hydrogen (secondary N) is 2. The third-order valence-corrected chi connectivity index (χ3v) is 3.02. The molecule has 0 aliphatic carbocycles. The second-order valence-corrected chi connectivity index (χ2v) is 4.74. The second kappa shape index (κ2) is 7.22. The standard InChI is InChI=1S/C15H14N4.C3H6/c1-3-12-10(2)16-15(17-12)14-9-13(18-19-14)11-7-5-4-6-8-11;1-3-2/h3-9H,1H2,2H3,(H,16,17)(H,18,19);3H,1H2,2H3. The number of allylic oxidation sites excluding steroid dienone is 1. The van der Waals surface area contributed by atoms with E-state index in [1.54, 1.807) is 12.2 Å². The Hall–Kier alpha value is -2.88. The summed E-state index contributed by atoms with van der Waals surface area (Å²) in [5, 5.41) is 7.32. The molecule has 0 bridgehead atoms. The van der Waals surface area contributed by atoms with Gasteiger partial charge in [-0.25, -0.2) is 4.98 Å². The first-order valence-corrected chi connectivity index (χ1v) is 7.06. The van der Waals surface area contributed by atoms with Crippen LogP contribution in [-0.2, 0) is 0 Å². The lowest BCUT2D eigenvalue weighted by Crippen LogP contribution is -1.80. The number of nitrogens with zero attached hydrogens (tertiary/aromatic N) is 2. The molecule has 0 atom stereocenters. The molecule has 22 heavy (non-hydrogen) atoms. The first-order valence-electron chi connectivity index (χ1n) is 7.06. The van der Waals surface area contributed by atoms with Crippen LogP contribution in [0.15, 0.2) is 55.6 Å². The largest absolute Gasteiger partial charge is 0.340 e. The fourth-order valence-electron chi connectivity index (χ4n) is 2.00. The highest BCUT2D eigenvalue weighted by molar-refractivity contribution is 5.65. The zero-order valence-corrected chi connectivity index (χ0v) is 12.9. The van der Waals surface area contributed by atoms with Crippen molar-refractivity contribution in [3.05, 3.63) is 67.0 Å². The third kappa shape index (κ3) is 3.41. The molecule has 3 rings (SSSR count). The summed E-state index contributed by atoms with van der Waals surface area (Å²) in [6.07, 6.45) is 3.49. The van der Waals surface area contributed by atoms with Gasteiger partial charge < -0.3 is 4.98 Å². The maximum atomic E-state index is 4.46. The first kappa shape index (κ1) is 15.5. The van der Waals surface area contributed by atoms with Crippen molar-refractivity contribution in [2.75, 3.05) is 0 Å². The third-order valence-electron chi connectivity index (χ3n) is 3.02. The number of rotatable bonds is 3. The van der Waals surface area contributed by atoms with E-state index < -0.39 is 0 Å². The lowest BCUT2D eigenvalue weighted by Gasteiger charge is -1.92. The Kier molecular flexibility index (Phi) is 5.09. The van der Waals surface area contributed by atoms with E-state index in [4.69, 9.17) is 0 Å². The molecule has 4 nitrogen and oxygen atoms in total. The molecule has 3 aromatic rings. The van der Waals surface area contributed by atoms with E-state index >= 15 is 0 Å². The summed E-state index contributed by atoms with van der Waals surface area (Å²) >= 11 is 0. The topological polar surface area (TPSA) is 57.4 Å². The summed E-state index contributed by atoms with van der Waals surface area (Å²) in [6.45, 7) is 11.0. The minimum atomic E-state index is 0.780. The smallest absolute Gasteiger partial charge is 0.156 e. The highest BCUT2D eigenvalue weighted by Gasteiger charge is 2.10. The fraction of sp³-hybridized carbons (Fsp3) is 0.111. The van der Waals surface area contributed by atoms with Crippen molar-refractivity contribution >= 4 is 6.08 Å². The van der Waals surface area contributed by atoms with Crippen molar-refractivity contribution < 1.29 is 0 Å². The fourth-order valence-corrected chi connectivity index (χ4v) is 2.00. The van der Waals surface area contributed by atoms with Gasteiger partial charge in [0.2, 0.25) is 0 Å². The molecule has 112 valence electrons. The van der Waals surface area contributed by atoms with Gasteiger partial charge in [0.05, 0.1) is 11.4 Å². The molecule has 2 aromatic heterocycles. The Balaban J connectivity index is 0.000000545. The van der Waals surface area contributed by atoms with Gasteiger partial charge in [0.1, 0.15) is 5.69 Å². The number of aryl methyl sites for hydroxylation is 1. The molecule has 1 aromatic carbocycles. The normalized spacial score (nSPS) is 9.73. The van der Waals surface area contributed by atoms with Gasteiger partial charge >= 0.3 is 0 Å². The number of hydrogen-bond donors (Lipinski definition) is 2. The maximum absolute atomic E-state index is 4.46. The van der Waals surface area contributed by atoms with Gasteiger partial charge in [-0.15, -0.1) is 6.58 Å². The molecule has 2 heterocycles. The van der Waals surface area contributed by atoms with Crippen molar-refractivity contribution in [2.24, 2.45) is 0 Å². The Morgan fingerprint density at radius 3 is 2.41 bits per heavy atom. The molecule has 0 aliphatic rings. The van der Waals surface area contributed by atoms with Gasteiger partial charge in [-0.1, -0.05) is 43.0 Å². The molecule has 0 saturated heterocycles. The van der Waals surface area contributed by atoms with Gasteiger partial charge in [-0.05, 0) is 26.0 Å². The van der Waals surface area contributed by atoms with Gasteiger partial charge in [-0.3, -0.25) is 5.10 Å². The zero-order valence-electron chi connectivity index (χ0n) is 12.9. The Morgan fingerprint density at radius 2 is 1.82 bits per heavy atom. The number of benzene rings is 1. The number of aromatic amines is 2. The van der Waals surface area contributed by atoms with E-state index in [9.17, 15) is 0 Å². The minimum Gasteiger partial charge on any atom is -0.340 e. The average Bonchev–Trinajstić information content (AvgIpc) is 3.15. The van der Waals surface area contributed by atoms with Crippen LogP contribution in [0.4, 0.5) is 0 Å². The maximum Gasteiger partial charge on any atom is 0.156 e.